The lowest BCUT2D eigenvalue weighted by molar-refractivity contribution is -0.150. The zero-order chi connectivity index (χ0) is 34.3. The minimum Gasteiger partial charge on any atom is -0.481 e. The molecule has 1 N–H and O–H groups in total. The third-order valence-corrected chi connectivity index (χ3v) is 9.43. The second-order valence-electron chi connectivity index (χ2n) is 14.2. The van der Waals surface area contributed by atoms with Gasteiger partial charge in [0.15, 0.2) is 0 Å². The van der Waals surface area contributed by atoms with Crippen LogP contribution in [0.1, 0.15) is 232 Å². The van der Waals surface area contributed by atoms with E-state index in [1.807, 2.05) is 0 Å². The highest BCUT2D eigenvalue weighted by atomic mass is 16.5. The Morgan fingerprint density at radius 1 is 0.468 bits per heavy atom. The molecule has 0 aliphatic carbocycles. The molecule has 0 aromatic rings. The van der Waals surface area contributed by atoms with Gasteiger partial charge < -0.3 is 9.84 Å². The van der Waals surface area contributed by atoms with Crippen LogP contribution >= 0.6 is 0 Å². The van der Waals surface area contributed by atoms with Crippen molar-refractivity contribution in [1.29, 1.82) is 0 Å². The molecule has 1 unspecified atom stereocenters. The van der Waals surface area contributed by atoms with Gasteiger partial charge in [-0.05, 0) is 70.6 Å². The summed E-state index contributed by atoms with van der Waals surface area (Å²) in [5.74, 6) is -0.701. The van der Waals surface area contributed by atoms with Gasteiger partial charge in [0.25, 0.3) is 0 Å². The molecule has 0 saturated carbocycles. The predicted molar refractivity (Wildman–Crippen MR) is 204 cm³/mol. The van der Waals surface area contributed by atoms with Crippen molar-refractivity contribution in [2.45, 2.75) is 238 Å². The average molecular weight is 661 g/mol. The molecule has 0 aliphatic heterocycles. The molecule has 0 radical (unpaired) electrons. The van der Waals surface area contributed by atoms with Crippen LogP contribution in [0.4, 0.5) is 0 Å². The summed E-state index contributed by atoms with van der Waals surface area (Å²) in [5, 5.41) is 8.80. The number of rotatable bonds is 38. The van der Waals surface area contributed by atoms with Crippen molar-refractivity contribution in [3.05, 3.63) is 24.3 Å². The topological polar surface area (TPSA) is 63.6 Å². The molecule has 0 amide bonds. The Morgan fingerprint density at radius 3 is 1.26 bits per heavy atom. The normalized spacial score (nSPS) is 12.4. The van der Waals surface area contributed by atoms with Gasteiger partial charge in [-0.2, -0.15) is 0 Å². The number of carboxylic acids is 1. The van der Waals surface area contributed by atoms with Gasteiger partial charge in [0.05, 0.1) is 0 Å². The predicted octanol–water partition coefficient (Wildman–Crippen LogP) is 14.4. The summed E-state index contributed by atoms with van der Waals surface area (Å²) < 4.78 is 5.99. The van der Waals surface area contributed by atoms with E-state index in [1.165, 1.54) is 135 Å². The van der Waals surface area contributed by atoms with Gasteiger partial charge in [-0.1, -0.05) is 173 Å². The smallest absolute Gasteiger partial charge is 0.306 e. The highest BCUT2D eigenvalue weighted by Crippen LogP contribution is 2.19. The number of aliphatic carboxylic acids is 1. The van der Waals surface area contributed by atoms with Crippen molar-refractivity contribution in [3.8, 4) is 0 Å². The first-order chi connectivity index (χ1) is 23.1. The quantitative estimate of drug-likeness (QED) is 0.0407. The molecule has 4 nitrogen and oxygen atoms in total. The molecule has 4 heteroatoms. The van der Waals surface area contributed by atoms with E-state index < -0.39 is 5.97 Å². The van der Waals surface area contributed by atoms with Gasteiger partial charge >= 0.3 is 11.9 Å². The zero-order valence-corrected chi connectivity index (χ0v) is 31.6. The van der Waals surface area contributed by atoms with Gasteiger partial charge in [-0.25, -0.2) is 0 Å². The maximum Gasteiger partial charge on any atom is 0.306 e. The van der Waals surface area contributed by atoms with Crippen LogP contribution in [0.25, 0.3) is 0 Å². The van der Waals surface area contributed by atoms with Crippen LogP contribution in [0, 0.1) is 0 Å². The Hall–Kier alpha value is -1.58. The monoisotopic (exact) mass is 661 g/mol. The molecule has 0 saturated heterocycles. The highest BCUT2D eigenvalue weighted by molar-refractivity contribution is 5.69. The number of carbonyl (C=O) groups is 2. The lowest BCUT2D eigenvalue weighted by Gasteiger charge is -2.18. The van der Waals surface area contributed by atoms with E-state index >= 15 is 0 Å². The molecule has 0 bridgehead atoms. The molecule has 0 spiro atoms. The van der Waals surface area contributed by atoms with Crippen molar-refractivity contribution in [1.82, 2.24) is 0 Å². The van der Waals surface area contributed by atoms with E-state index in [0.717, 1.165) is 70.6 Å². The Kier molecular flexibility index (Phi) is 37.6. The van der Waals surface area contributed by atoms with Gasteiger partial charge in [0, 0.05) is 12.8 Å². The lowest BCUT2D eigenvalue weighted by Crippen LogP contribution is -2.18. The van der Waals surface area contributed by atoms with Crippen LogP contribution < -0.4 is 0 Å². The summed E-state index contributed by atoms with van der Waals surface area (Å²) in [6.45, 7) is 4.53. The second kappa shape index (κ2) is 38.9. The summed E-state index contributed by atoms with van der Waals surface area (Å²) in [6, 6.07) is 0. The lowest BCUT2D eigenvalue weighted by atomic mass is 10.0. The molecule has 1 atom stereocenters. The van der Waals surface area contributed by atoms with Gasteiger partial charge in [-0.3, -0.25) is 9.59 Å². The first kappa shape index (κ1) is 45.4. The summed E-state index contributed by atoms with van der Waals surface area (Å²) in [7, 11) is 0. The second-order valence-corrected chi connectivity index (χ2v) is 14.2. The molecule has 0 rings (SSSR count). The molecule has 0 heterocycles. The van der Waals surface area contributed by atoms with Crippen molar-refractivity contribution in [2.24, 2.45) is 0 Å². The third kappa shape index (κ3) is 38.7. The molecule has 276 valence electrons. The van der Waals surface area contributed by atoms with Crippen LogP contribution in [-0.2, 0) is 14.3 Å². The molecule has 0 aliphatic rings. The molecular formula is C43H80O4. The Balaban J connectivity index is 3.86. The summed E-state index contributed by atoms with van der Waals surface area (Å²) in [6.07, 6.45) is 49.2. The van der Waals surface area contributed by atoms with E-state index in [4.69, 9.17) is 9.84 Å². The van der Waals surface area contributed by atoms with Crippen molar-refractivity contribution in [2.75, 3.05) is 0 Å². The molecule has 0 aromatic heterocycles. The van der Waals surface area contributed by atoms with Crippen molar-refractivity contribution >= 4 is 11.9 Å². The highest BCUT2D eigenvalue weighted by Gasteiger charge is 2.14. The number of unbranched alkanes of at least 4 members (excludes halogenated alkanes) is 25. The maximum absolute atomic E-state index is 12.6. The largest absolute Gasteiger partial charge is 0.481 e. The average Bonchev–Trinajstić information content (AvgIpc) is 3.05. The maximum atomic E-state index is 12.6. The Labute approximate surface area is 293 Å². The van der Waals surface area contributed by atoms with E-state index in [9.17, 15) is 9.59 Å². The molecule has 0 aromatic carbocycles. The SMILES string of the molecule is CCCCCCC/C=C\C/C=C\CCCCCCCCCCCC(=O)OC(CCCCCCCCCC)CCCCCCCC(=O)O. The standard InChI is InChI=1S/C43H80O4/c1-3-5-7-9-11-13-14-15-16-17-18-19-20-21-22-23-24-25-27-32-36-40-43(46)47-41(37-33-29-26-12-10-8-6-4-2)38-34-30-28-31-35-39-42(44)45/h14-15,17-18,41H,3-13,16,19-40H2,1-2H3,(H,44,45)/b15-14-,18-17-. The summed E-state index contributed by atoms with van der Waals surface area (Å²) in [4.78, 5) is 23.3. The summed E-state index contributed by atoms with van der Waals surface area (Å²) >= 11 is 0. The fourth-order valence-electron chi connectivity index (χ4n) is 6.33. The molecular weight excluding hydrogens is 580 g/mol. The zero-order valence-electron chi connectivity index (χ0n) is 31.6. The van der Waals surface area contributed by atoms with E-state index in [1.54, 1.807) is 0 Å². The first-order valence-corrected chi connectivity index (χ1v) is 20.8. The van der Waals surface area contributed by atoms with E-state index in [2.05, 4.69) is 38.2 Å². The van der Waals surface area contributed by atoms with E-state index in [-0.39, 0.29) is 18.5 Å². The minimum atomic E-state index is -0.700. The number of hydrogen-bond acceptors (Lipinski definition) is 3. The Morgan fingerprint density at radius 2 is 0.830 bits per heavy atom. The Bertz CT molecular complexity index is 713. The third-order valence-electron chi connectivity index (χ3n) is 9.43. The fraction of sp³-hybridized carbons (Fsp3) is 0.860. The number of hydrogen-bond donors (Lipinski definition) is 1. The number of esters is 1. The molecule has 0 fully saturated rings. The van der Waals surface area contributed by atoms with Crippen molar-refractivity contribution in [3.63, 3.8) is 0 Å². The number of carboxylic acid groups (broad SMARTS) is 1. The first-order valence-electron chi connectivity index (χ1n) is 20.8. The fourth-order valence-corrected chi connectivity index (χ4v) is 6.33. The molecule has 47 heavy (non-hydrogen) atoms. The van der Waals surface area contributed by atoms with Gasteiger partial charge in [-0.15, -0.1) is 0 Å². The number of allylic oxidation sites excluding steroid dienone is 4. The number of carbonyl (C=O) groups excluding carboxylic acids is 1. The van der Waals surface area contributed by atoms with Crippen LogP contribution in [0.5, 0.6) is 0 Å². The number of ether oxygens (including phenoxy) is 1. The summed E-state index contributed by atoms with van der Waals surface area (Å²) in [5.41, 5.74) is 0. The van der Waals surface area contributed by atoms with Gasteiger partial charge in [0.2, 0.25) is 0 Å². The van der Waals surface area contributed by atoms with Crippen LogP contribution in [-0.4, -0.2) is 23.1 Å². The van der Waals surface area contributed by atoms with Crippen LogP contribution in [0.15, 0.2) is 24.3 Å². The van der Waals surface area contributed by atoms with Crippen LogP contribution in [0.2, 0.25) is 0 Å². The van der Waals surface area contributed by atoms with Crippen LogP contribution in [0.3, 0.4) is 0 Å². The van der Waals surface area contributed by atoms with Crippen molar-refractivity contribution < 1.29 is 19.4 Å². The van der Waals surface area contributed by atoms with Gasteiger partial charge in [0.1, 0.15) is 6.10 Å². The minimum absolute atomic E-state index is 0.00102. The van der Waals surface area contributed by atoms with E-state index in [0.29, 0.717) is 6.42 Å².